The van der Waals surface area contributed by atoms with Crippen LogP contribution in [0.2, 0.25) is 0 Å². The van der Waals surface area contributed by atoms with Crippen molar-refractivity contribution in [3.63, 3.8) is 0 Å². The first-order chi connectivity index (χ1) is 7.51. The molecule has 0 atom stereocenters. The lowest BCUT2D eigenvalue weighted by molar-refractivity contribution is -0.242. The Kier molecular flexibility index (Phi) is 2.42. The highest BCUT2D eigenvalue weighted by Gasteiger charge is 2.41. The number of cyclic esters (lactones) is 2. The second kappa shape index (κ2) is 3.63. The van der Waals surface area contributed by atoms with Gasteiger partial charge in [-0.3, -0.25) is 9.59 Å². The summed E-state index contributed by atoms with van der Waals surface area (Å²) >= 11 is 0. The van der Waals surface area contributed by atoms with Crippen molar-refractivity contribution in [1.29, 1.82) is 0 Å². The first-order valence-electron chi connectivity index (χ1n) is 5.01. The van der Waals surface area contributed by atoms with E-state index in [0.717, 1.165) is 5.56 Å². The number of carbonyl (C=O) groups is 2. The molecule has 1 saturated heterocycles. The highest BCUT2D eigenvalue weighted by atomic mass is 16.7. The average molecular weight is 220 g/mol. The van der Waals surface area contributed by atoms with Gasteiger partial charge < -0.3 is 9.47 Å². The van der Waals surface area contributed by atoms with Gasteiger partial charge >= 0.3 is 11.9 Å². The molecular weight excluding hydrogens is 208 g/mol. The molecule has 0 N–H and O–H groups in total. The molecule has 0 aromatic heterocycles. The van der Waals surface area contributed by atoms with Gasteiger partial charge in [-0.25, -0.2) is 0 Å². The normalized spacial score (nSPS) is 18.9. The number of hydrogen-bond acceptors (Lipinski definition) is 4. The highest BCUT2D eigenvalue weighted by Crippen LogP contribution is 2.32. The summed E-state index contributed by atoms with van der Waals surface area (Å²) in [6, 6.07) is 7.33. The lowest BCUT2D eigenvalue weighted by Crippen LogP contribution is -2.40. The van der Waals surface area contributed by atoms with Crippen molar-refractivity contribution in [1.82, 2.24) is 0 Å². The molecule has 0 bridgehead atoms. The second-order valence-electron chi connectivity index (χ2n) is 3.89. The minimum absolute atomic E-state index is 0.318. The van der Waals surface area contributed by atoms with E-state index in [1.54, 1.807) is 13.0 Å². The number of aryl methyl sites for hydroxylation is 1. The first kappa shape index (κ1) is 10.7. The molecule has 1 heterocycles. The second-order valence-corrected chi connectivity index (χ2v) is 3.89. The van der Waals surface area contributed by atoms with E-state index in [1.165, 1.54) is 0 Å². The molecule has 0 unspecified atom stereocenters. The SMILES string of the molecule is Cc1ccccc1C1(C)OC(=O)CC(=O)O1. The molecule has 1 aliphatic heterocycles. The van der Waals surface area contributed by atoms with Gasteiger partial charge in [0.25, 0.3) is 5.79 Å². The van der Waals surface area contributed by atoms with Gasteiger partial charge in [-0.1, -0.05) is 24.3 Å². The monoisotopic (exact) mass is 220 g/mol. The van der Waals surface area contributed by atoms with E-state index < -0.39 is 17.7 Å². The Morgan fingerprint density at radius 1 is 1.12 bits per heavy atom. The van der Waals surface area contributed by atoms with Crippen LogP contribution < -0.4 is 0 Å². The van der Waals surface area contributed by atoms with E-state index in [1.807, 2.05) is 25.1 Å². The van der Waals surface area contributed by atoms with Crippen molar-refractivity contribution in [2.75, 3.05) is 0 Å². The largest absolute Gasteiger partial charge is 0.418 e. The van der Waals surface area contributed by atoms with Gasteiger partial charge in [-0.2, -0.15) is 0 Å². The molecular formula is C12H12O4. The van der Waals surface area contributed by atoms with Gasteiger partial charge in [0.05, 0.1) is 0 Å². The van der Waals surface area contributed by atoms with Crippen LogP contribution in [-0.4, -0.2) is 11.9 Å². The lowest BCUT2D eigenvalue weighted by atomic mass is 10.0. The summed E-state index contributed by atoms with van der Waals surface area (Å²) < 4.78 is 10.3. The van der Waals surface area contributed by atoms with Crippen LogP contribution in [0.5, 0.6) is 0 Å². The summed E-state index contributed by atoms with van der Waals surface area (Å²) in [7, 11) is 0. The van der Waals surface area contributed by atoms with Crippen LogP contribution in [0.1, 0.15) is 24.5 Å². The van der Waals surface area contributed by atoms with Crippen LogP contribution in [0.25, 0.3) is 0 Å². The van der Waals surface area contributed by atoms with E-state index >= 15 is 0 Å². The molecule has 4 nitrogen and oxygen atoms in total. The average Bonchev–Trinajstić information content (AvgIpc) is 2.15. The van der Waals surface area contributed by atoms with Crippen LogP contribution in [0.3, 0.4) is 0 Å². The van der Waals surface area contributed by atoms with Gasteiger partial charge in [0.1, 0.15) is 6.42 Å². The van der Waals surface area contributed by atoms with Crippen molar-refractivity contribution in [3.05, 3.63) is 35.4 Å². The number of carbonyl (C=O) groups excluding carboxylic acids is 2. The van der Waals surface area contributed by atoms with Crippen LogP contribution in [0, 0.1) is 6.92 Å². The molecule has 1 aromatic carbocycles. The third-order valence-corrected chi connectivity index (χ3v) is 2.54. The fourth-order valence-corrected chi connectivity index (χ4v) is 1.84. The predicted molar refractivity (Wildman–Crippen MR) is 55.3 cm³/mol. The van der Waals surface area contributed by atoms with Crippen molar-refractivity contribution >= 4 is 11.9 Å². The maximum Gasteiger partial charge on any atom is 0.320 e. The Labute approximate surface area is 93.2 Å². The fraction of sp³-hybridized carbons (Fsp3) is 0.333. The molecule has 1 fully saturated rings. The molecule has 16 heavy (non-hydrogen) atoms. The standard InChI is InChI=1S/C12H12O4/c1-8-5-3-4-6-9(8)12(2)15-10(13)7-11(14)16-12/h3-6H,7H2,1-2H3. The first-order valence-corrected chi connectivity index (χ1v) is 5.01. The van der Waals surface area contributed by atoms with E-state index in [0.29, 0.717) is 5.56 Å². The zero-order chi connectivity index (χ0) is 11.8. The third-order valence-electron chi connectivity index (χ3n) is 2.54. The molecule has 1 aliphatic rings. The van der Waals surface area contributed by atoms with Gasteiger partial charge in [-0.05, 0) is 12.5 Å². The quantitative estimate of drug-likeness (QED) is 0.533. The summed E-state index contributed by atoms with van der Waals surface area (Å²) in [5.74, 6) is -2.40. The topological polar surface area (TPSA) is 52.6 Å². The van der Waals surface area contributed by atoms with E-state index in [-0.39, 0.29) is 6.42 Å². The Hall–Kier alpha value is -1.84. The number of rotatable bonds is 1. The maximum absolute atomic E-state index is 11.3. The summed E-state index contributed by atoms with van der Waals surface area (Å²) in [5.41, 5.74) is 1.60. The van der Waals surface area contributed by atoms with Gasteiger partial charge in [0.2, 0.25) is 0 Å². The molecule has 2 rings (SSSR count). The summed E-state index contributed by atoms with van der Waals surface area (Å²) in [6.07, 6.45) is -0.318. The minimum atomic E-state index is -1.29. The Morgan fingerprint density at radius 3 is 2.25 bits per heavy atom. The lowest BCUT2D eigenvalue weighted by Gasteiger charge is -2.33. The number of ether oxygens (including phenoxy) is 2. The smallest absolute Gasteiger partial charge is 0.320 e. The van der Waals surface area contributed by atoms with Crippen LogP contribution in [-0.2, 0) is 24.8 Å². The number of benzene rings is 1. The maximum atomic E-state index is 11.3. The number of esters is 2. The van der Waals surface area contributed by atoms with Crippen molar-refractivity contribution < 1.29 is 19.1 Å². The fourth-order valence-electron chi connectivity index (χ4n) is 1.84. The van der Waals surface area contributed by atoms with Crippen molar-refractivity contribution in [2.45, 2.75) is 26.1 Å². The van der Waals surface area contributed by atoms with E-state index in [4.69, 9.17) is 9.47 Å². The van der Waals surface area contributed by atoms with Crippen LogP contribution in [0.15, 0.2) is 24.3 Å². The zero-order valence-corrected chi connectivity index (χ0v) is 9.15. The highest BCUT2D eigenvalue weighted by molar-refractivity contribution is 5.93. The molecule has 0 amide bonds. The van der Waals surface area contributed by atoms with Gasteiger partial charge in [-0.15, -0.1) is 0 Å². The predicted octanol–water partition coefficient (Wildman–Crippen LogP) is 1.66. The minimum Gasteiger partial charge on any atom is -0.418 e. The number of hydrogen-bond donors (Lipinski definition) is 0. The van der Waals surface area contributed by atoms with Crippen LogP contribution in [0.4, 0.5) is 0 Å². The molecule has 84 valence electrons. The molecule has 4 heteroatoms. The molecule has 1 aromatic rings. The van der Waals surface area contributed by atoms with E-state index in [2.05, 4.69) is 0 Å². The van der Waals surface area contributed by atoms with E-state index in [9.17, 15) is 9.59 Å². The molecule has 0 spiro atoms. The summed E-state index contributed by atoms with van der Waals surface area (Å²) in [4.78, 5) is 22.5. The summed E-state index contributed by atoms with van der Waals surface area (Å²) in [5, 5.41) is 0. The Bertz CT molecular complexity index is 434. The Balaban J connectivity index is 2.42. The summed E-state index contributed by atoms with van der Waals surface area (Å²) in [6.45, 7) is 3.45. The van der Waals surface area contributed by atoms with Crippen molar-refractivity contribution in [3.8, 4) is 0 Å². The Morgan fingerprint density at radius 2 is 1.69 bits per heavy atom. The molecule has 0 aliphatic carbocycles. The van der Waals surface area contributed by atoms with Crippen molar-refractivity contribution in [2.24, 2.45) is 0 Å². The molecule has 0 radical (unpaired) electrons. The van der Waals surface area contributed by atoms with Gasteiger partial charge in [0.15, 0.2) is 0 Å². The molecule has 0 saturated carbocycles. The van der Waals surface area contributed by atoms with Crippen LogP contribution >= 0.6 is 0 Å². The zero-order valence-electron chi connectivity index (χ0n) is 9.15. The van der Waals surface area contributed by atoms with Gasteiger partial charge in [0, 0.05) is 12.5 Å². The third kappa shape index (κ3) is 1.78.